The van der Waals surface area contributed by atoms with E-state index in [2.05, 4.69) is 16.3 Å². The molecule has 0 aromatic heterocycles. The number of nitrogens with zero attached hydrogens (tertiary/aromatic N) is 1. The van der Waals surface area contributed by atoms with Gasteiger partial charge in [-0.15, -0.1) is 0 Å². The summed E-state index contributed by atoms with van der Waals surface area (Å²) in [6, 6.07) is 6.01. The number of benzene rings is 1. The molecule has 4 nitrogen and oxygen atoms in total. The summed E-state index contributed by atoms with van der Waals surface area (Å²) >= 11 is 7.43. The van der Waals surface area contributed by atoms with Crippen LogP contribution in [-0.4, -0.2) is 55.4 Å². The smallest absolute Gasteiger partial charge is 0.168 e. The lowest BCUT2D eigenvalue weighted by atomic mass is 10.1. The molecule has 0 unspecified atom stereocenters. The third kappa shape index (κ3) is 4.68. The van der Waals surface area contributed by atoms with Crippen molar-refractivity contribution >= 4 is 29.1 Å². The van der Waals surface area contributed by atoms with Gasteiger partial charge in [0.15, 0.2) is 16.6 Å². The molecule has 1 aliphatic heterocycles. The minimum atomic E-state index is 0.760. The van der Waals surface area contributed by atoms with Gasteiger partial charge in [0.05, 0.1) is 14.2 Å². The zero-order valence-electron chi connectivity index (χ0n) is 12.6. The summed E-state index contributed by atoms with van der Waals surface area (Å²) in [5, 5.41) is 4.21. The van der Waals surface area contributed by atoms with Gasteiger partial charge in [-0.25, -0.2) is 0 Å². The van der Waals surface area contributed by atoms with Crippen molar-refractivity contribution < 1.29 is 9.47 Å². The van der Waals surface area contributed by atoms with Gasteiger partial charge in [-0.3, -0.25) is 0 Å². The topological polar surface area (TPSA) is 33.7 Å². The van der Waals surface area contributed by atoms with Gasteiger partial charge in [-0.05, 0) is 36.3 Å². The molecule has 0 saturated carbocycles. The Labute approximate surface area is 136 Å². The lowest BCUT2D eigenvalue weighted by Gasteiger charge is -2.29. The molecule has 1 saturated heterocycles. The van der Waals surface area contributed by atoms with Gasteiger partial charge in [0.2, 0.25) is 0 Å². The molecule has 0 radical (unpaired) electrons. The maximum absolute atomic E-state index is 5.44. The van der Waals surface area contributed by atoms with Crippen LogP contribution < -0.4 is 14.8 Å². The molecular weight excluding hydrogens is 304 g/mol. The second-order valence-electron chi connectivity index (χ2n) is 4.77. The molecular formula is C15H22N2O2S2. The van der Waals surface area contributed by atoms with Crippen LogP contribution in [0.15, 0.2) is 18.2 Å². The average Bonchev–Trinajstić information content (AvgIpc) is 2.55. The Morgan fingerprint density at radius 3 is 2.62 bits per heavy atom. The van der Waals surface area contributed by atoms with E-state index in [1.807, 2.05) is 23.9 Å². The molecule has 0 amide bonds. The lowest BCUT2D eigenvalue weighted by molar-refractivity contribution is 0.354. The molecule has 1 N–H and O–H groups in total. The number of hydrogen-bond acceptors (Lipinski definition) is 4. The Balaban J connectivity index is 1.81. The first-order valence-corrected chi connectivity index (χ1v) is 8.62. The zero-order chi connectivity index (χ0) is 15.1. The number of ether oxygens (including phenoxy) is 2. The summed E-state index contributed by atoms with van der Waals surface area (Å²) in [5.74, 6) is 3.86. The summed E-state index contributed by atoms with van der Waals surface area (Å²) in [5.41, 5.74) is 1.21. The maximum atomic E-state index is 5.44. The molecule has 6 heteroatoms. The van der Waals surface area contributed by atoms with Gasteiger partial charge in [0.1, 0.15) is 0 Å². The third-order valence-electron chi connectivity index (χ3n) is 3.44. The van der Waals surface area contributed by atoms with Crippen molar-refractivity contribution in [1.82, 2.24) is 10.2 Å². The number of hydrogen-bond donors (Lipinski definition) is 1. The van der Waals surface area contributed by atoms with Crippen LogP contribution in [0.4, 0.5) is 0 Å². The third-order valence-corrected chi connectivity index (χ3v) is 4.78. The van der Waals surface area contributed by atoms with Crippen molar-refractivity contribution in [2.75, 3.05) is 45.4 Å². The fraction of sp³-hybridized carbons (Fsp3) is 0.533. The first-order chi connectivity index (χ1) is 10.2. The van der Waals surface area contributed by atoms with Crippen molar-refractivity contribution in [2.45, 2.75) is 6.42 Å². The number of thioether (sulfide) groups is 1. The Morgan fingerprint density at radius 1 is 1.24 bits per heavy atom. The standard InChI is InChI=1S/C15H22N2O2S2/c1-18-13-4-3-12(11-14(13)19-2)5-6-16-15(20)17-7-9-21-10-8-17/h3-4,11H,5-10H2,1-2H3,(H,16,20). The van der Waals surface area contributed by atoms with Gasteiger partial charge in [0.25, 0.3) is 0 Å². The Bertz CT molecular complexity index is 477. The molecule has 0 aliphatic carbocycles. The predicted molar refractivity (Wildman–Crippen MR) is 92.7 cm³/mol. The first kappa shape index (κ1) is 16.2. The fourth-order valence-corrected chi connectivity index (χ4v) is 3.42. The highest BCUT2D eigenvalue weighted by molar-refractivity contribution is 7.99. The number of thiocarbonyl (C=S) groups is 1. The quantitative estimate of drug-likeness (QED) is 0.835. The largest absolute Gasteiger partial charge is 0.493 e. The average molecular weight is 326 g/mol. The van der Waals surface area contributed by atoms with Gasteiger partial charge in [0, 0.05) is 31.1 Å². The molecule has 21 heavy (non-hydrogen) atoms. The molecule has 116 valence electrons. The van der Waals surface area contributed by atoms with Gasteiger partial charge >= 0.3 is 0 Å². The Hall–Kier alpha value is -1.14. The SMILES string of the molecule is COc1ccc(CCNC(=S)N2CCSCC2)cc1OC. The Kier molecular flexibility index (Phi) is 6.45. The summed E-state index contributed by atoms with van der Waals surface area (Å²) < 4.78 is 10.6. The fourth-order valence-electron chi connectivity index (χ4n) is 2.23. The predicted octanol–water partition coefficient (Wildman–Crippen LogP) is 2.17. The Morgan fingerprint density at radius 2 is 1.95 bits per heavy atom. The highest BCUT2D eigenvalue weighted by Crippen LogP contribution is 2.27. The second kappa shape index (κ2) is 8.34. The molecule has 0 atom stereocenters. The summed E-state index contributed by atoms with van der Waals surface area (Å²) in [6.07, 6.45) is 0.906. The van der Waals surface area contributed by atoms with Gasteiger partial charge in [-0.2, -0.15) is 11.8 Å². The van der Waals surface area contributed by atoms with Crippen molar-refractivity contribution in [3.8, 4) is 11.5 Å². The summed E-state index contributed by atoms with van der Waals surface area (Å²) in [6.45, 7) is 2.93. The highest BCUT2D eigenvalue weighted by atomic mass is 32.2. The van der Waals surface area contributed by atoms with E-state index >= 15 is 0 Å². The van der Waals surface area contributed by atoms with E-state index in [0.717, 1.165) is 54.2 Å². The van der Waals surface area contributed by atoms with Crippen molar-refractivity contribution in [2.24, 2.45) is 0 Å². The molecule has 2 rings (SSSR count). The van der Waals surface area contributed by atoms with Gasteiger partial charge < -0.3 is 19.7 Å². The van der Waals surface area contributed by atoms with E-state index in [1.54, 1.807) is 14.2 Å². The number of rotatable bonds is 5. The molecule has 1 aromatic carbocycles. The minimum Gasteiger partial charge on any atom is -0.493 e. The lowest BCUT2D eigenvalue weighted by Crippen LogP contribution is -2.44. The summed E-state index contributed by atoms with van der Waals surface area (Å²) in [4.78, 5) is 2.25. The normalized spacial score (nSPS) is 14.7. The number of methoxy groups -OCH3 is 2. The zero-order valence-corrected chi connectivity index (χ0v) is 14.2. The van der Waals surface area contributed by atoms with E-state index in [4.69, 9.17) is 21.7 Å². The monoisotopic (exact) mass is 326 g/mol. The number of nitrogens with one attached hydrogen (secondary N) is 1. The minimum absolute atomic E-state index is 0.760. The van der Waals surface area contributed by atoms with Gasteiger partial charge in [-0.1, -0.05) is 6.07 Å². The highest BCUT2D eigenvalue weighted by Gasteiger charge is 2.13. The molecule has 1 aliphatic rings. The second-order valence-corrected chi connectivity index (χ2v) is 6.38. The maximum Gasteiger partial charge on any atom is 0.168 e. The van der Waals surface area contributed by atoms with E-state index in [0.29, 0.717) is 0 Å². The van der Waals surface area contributed by atoms with Crippen molar-refractivity contribution in [1.29, 1.82) is 0 Å². The van der Waals surface area contributed by atoms with Crippen LogP contribution >= 0.6 is 24.0 Å². The molecule has 1 fully saturated rings. The molecule has 1 aromatic rings. The van der Waals surface area contributed by atoms with E-state index in [1.165, 1.54) is 5.56 Å². The molecule has 0 bridgehead atoms. The molecule has 1 heterocycles. The summed E-state index contributed by atoms with van der Waals surface area (Å²) in [7, 11) is 3.30. The molecule has 0 spiro atoms. The van der Waals surface area contributed by atoms with Crippen LogP contribution in [0.1, 0.15) is 5.56 Å². The van der Waals surface area contributed by atoms with E-state index < -0.39 is 0 Å². The van der Waals surface area contributed by atoms with Crippen molar-refractivity contribution in [3.63, 3.8) is 0 Å². The van der Waals surface area contributed by atoms with Crippen molar-refractivity contribution in [3.05, 3.63) is 23.8 Å². The van der Waals surface area contributed by atoms with E-state index in [9.17, 15) is 0 Å². The van der Waals surface area contributed by atoms with Crippen LogP contribution in [0.25, 0.3) is 0 Å². The van der Waals surface area contributed by atoms with Crippen LogP contribution in [0.5, 0.6) is 11.5 Å². The van der Waals surface area contributed by atoms with Crippen LogP contribution in [0.3, 0.4) is 0 Å². The van der Waals surface area contributed by atoms with E-state index in [-0.39, 0.29) is 0 Å². The van der Waals surface area contributed by atoms with Crippen LogP contribution in [0.2, 0.25) is 0 Å². The first-order valence-electron chi connectivity index (χ1n) is 7.06. The van der Waals surface area contributed by atoms with Crippen LogP contribution in [-0.2, 0) is 6.42 Å². The van der Waals surface area contributed by atoms with Crippen LogP contribution in [0, 0.1) is 0 Å².